The molecule has 88 valence electrons. The highest BCUT2D eigenvalue weighted by atomic mass is 19.1. The van der Waals surface area contributed by atoms with Gasteiger partial charge in [-0.3, -0.25) is 4.79 Å². The summed E-state index contributed by atoms with van der Waals surface area (Å²) in [6.45, 7) is 0.455. The van der Waals surface area contributed by atoms with Crippen LogP contribution in [0.15, 0.2) is 30.6 Å². The molecule has 0 fully saturated rings. The predicted molar refractivity (Wildman–Crippen MR) is 60.8 cm³/mol. The molecule has 17 heavy (non-hydrogen) atoms. The Morgan fingerprint density at radius 2 is 2.35 bits per heavy atom. The molecule has 1 heterocycles. The average Bonchev–Trinajstić information content (AvgIpc) is 2.80. The number of hydrogen-bond acceptors (Lipinski definition) is 3. The van der Waals surface area contributed by atoms with Crippen molar-refractivity contribution in [3.8, 4) is 0 Å². The molecule has 4 N–H and O–H groups in total. The average molecular weight is 234 g/mol. The third-order valence-electron chi connectivity index (χ3n) is 2.25. The van der Waals surface area contributed by atoms with Crippen molar-refractivity contribution in [2.75, 3.05) is 5.32 Å². The standard InChI is InChI=1S/C11H11FN4O/c12-9-2-1-7(5-8(9)11(13)17)16-6-10-14-3-4-15-10/h1-5,16H,6H2,(H2,13,17)(H,14,15). The Balaban J connectivity index is 2.11. The minimum atomic E-state index is -0.788. The Kier molecular flexibility index (Phi) is 3.04. The number of nitrogens with zero attached hydrogens (tertiary/aromatic N) is 1. The molecule has 0 bridgehead atoms. The van der Waals surface area contributed by atoms with E-state index in [4.69, 9.17) is 5.73 Å². The first-order valence-corrected chi connectivity index (χ1v) is 4.98. The number of imidazole rings is 1. The van der Waals surface area contributed by atoms with E-state index in [0.717, 1.165) is 5.82 Å². The van der Waals surface area contributed by atoms with Gasteiger partial charge < -0.3 is 16.0 Å². The van der Waals surface area contributed by atoms with Gasteiger partial charge >= 0.3 is 0 Å². The maximum Gasteiger partial charge on any atom is 0.251 e. The van der Waals surface area contributed by atoms with Crippen LogP contribution in [0.1, 0.15) is 16.2 Å². The molecule has 2 aromatic rings. The summed E-state index contributed by atoms with van der Waals surface area (Å²) in [4.78, 5) is 17.9. The van der Waals surface area contributed by atoms with Gasteiger partial charge in [0.2, 0.25) is 0 Å². The van der Waals surface area contributed by atoms with E-state index < -0.39 is 11.7 Å². The van der Waals surface area contributed by atoms with E-state index >= 15 is 0 Å². The maximum absolute atomic E-state index is 13.2. The number of nitrogens with one attached hydrogen (secondary N) is 2. The highest BCUT2D eigenvalue weighted by molar-refractivity contribution is 5.94. The van der Waals surface area contributed by atoms with E-state index in [-0.39, 0.29) is 5.56 Å². The van der Waals surface area contributed by atoms with E-state index in [2.05, 4.69) is 15.3 Å². The fourth-order valence-corrected chi connectivity index (χ4v) is 1.40. The number of H-pyrrole nitrogens is 1. The molecule has 0 unspecified atom stereocenters. The van der Waals surface area contributed by atoms with Crippen LogP contribution in [0.2, 0.25) is 0 Å². The van der Waals surface area contributed by atoms with Gasteiger partial charge in [-0.05, 0) is 18.2 Å². The zero-order chi connectivity index (χ0) is 12.3. The molecule has 0 radical (unpaired) electrons. The van der Waals surface area contributed by atoms with Crippen LogP contribution in [-0.2, 0) is 6.54 Å². The number of amides is 1. The summed E-state index contributed by atoms with van der Waals surface area (Å²) in [7, 11) is 0. The quantitative estimate of drug-likeness (QED) is 0.744. The lowest BCUT2D eigenvalue weighted by Gasteiger charge is -2.06. The van der Waals surface area contributed by atoms with Gasteiger partial charge in [0.25, 0.3) is 5.91 Å². The molecule has 0 aliphatic carbocycles. The van der Waals surface area contributed by atoms with Crippen LogP contribution in [-0.4, -0.2) is 15.9 Å². The molecule has 5 nitrogen and oxygen atoms in total. The number of benzene rings is 1. The topological polar surface area (TPSA) is 83.8 Å². The minimum Gasteiger partial charge on any atom is -0.378 e. The molecule has 6 heteroatoms. The van der Waals surface area contributed by atoms with E-state index in [1.165, 1.54) is 18.2 Å². The maximum atomic E-state index is 13.2. The van der Waals surface area contributed by atoms with Gasteiger partial charge in [-0.15, -0.1) is 0 Å². The molecular formula is C11H11FN4O. The van der Waals surface area contributed by atoms with Gasteiger partial charge in [0.15, 0.2) is 0 Å². The summed E-state index contributed by atoms with van der Waals surface area (Å²) in [6, 6.07) is 4.11. The Labute approximate surface area is 96.9 Å². The van der Waals surface area contributed by atoms with Crippen LogP contribution in [0.4, 0.5) is 10.1 Å². The van der Waals surface area contributed by atoms with Gasteiger partial charge in [-0.2, -0.15) is 0 Å². The summed E-state index contributed by atoms with van der Waals surface area (Å²) in [5.41, 5.74) is 5.53. The van der Waals surface area contributed by atoms with Crippen molar-refractivity contribution >= 4 is 11.6 Å². The second-order valence-electron chi connectivity index (χ2n) is 3.45. The first-order chi connectivity index (χ1) is 8.16. The molecule has 2 rings (SSSR count). The second kappa shape index (κ2) is 4.65. The van der Waals surface area contributed by atoms with Gasteiger partial charge in [-0.25, -0.2) is 9.37 Å². The van der Waals surface area contributed by atoms with Crippen molar-refractivity contribution in [3.05, 3.63) is 47.8 Å². The van der Waals surface area contributed by atoms with Crippen LogP contribution in [0.5, 0.6) is 0 Å². The highest BCUT2D eigenvalue weighted by Crippen LogP contribution is 2.14. The summed E-state index contributed by atoms with van der Waals surface area (Å²) >= 11 is 0. The summed E-state index contributed by atoms with van der Waals surface area (Å²) in [5.74, 6) is -0.667. The fraction of sp³-hybridized carbons (Fsp3) is 0.0909. The number of carbonyl (C=O) groups excluding carboxylic acids is 1. The zero-order valence-electron chi connectivity index (χ0n) is 8.90. The number of aromatic nitrogens is 2. The van der Waals surface area contributed by atoms with Crippen molar-refractivity contribution in [2.24, 2.45) is 5.73 Å². The third kappa shape index (κ3) is 2.60. The van der Waals surface area contributed by atoms with Crippen molar-refractivity contribution in [1.82, 2.24) is 9.97 Å². The highest BCUT2D eigenvalue weighted by Gasteiger charge is 2.08. The van der Waals surface area contributed by atoms with Crippen molar-refractivity contribution in [1.29, 1.82) is 0 Å². The number of aromatic amines is 1. The smallest absolute Gasteiger partial charge is 0.251 e. The lowest BCUT2D eigenvalue weighted by Crippen LogP contribution is -2.13. The monoisotopic (exact) mass is 234 g/mol. The van der Waals surface area contributed by atoms with Gasteiger partial charge in [-0.1, -0.05) is 0 Å². The Morgan fingerprint density at radius 3 is 3.00 bits per heavy atom. The van der Waals surface area contributed by atoms with Crippen LogP contribution < -0.4 is 11.1 Å². The summed E-state index contributed by atoms with van der Waals surface area (Å²) in [5, 5.41) is 3.00. The second-order valence-corrected chi connectivity index (χ2v) is 3.45. The zero-order valence-corrected chi connectivity index (χ0v) is 8.90. The molecule has 0 atom stereocenters. The van der Waals surface area contributed by atoms with Gasteiger partial charge in [0, 0.05) is 18.1 Å². The van der Waals surface area contributed by atoms with E-state index in [1.54, 1.807) is 12.4 Å². The largest absolute Gasteiger partial charge is 0.378 e. The van der Waals surface area contributed by atoms with Crippen molar-refractivity contribution < 1.29 is 9.18 Å². The van der Waals surface area contributed by atoms with Crippen molar-refractivity contribution in [3.63, 3.8) is 0 Å². The molecule has 0 aliphatic heterocycles. The lowest BCUT2D eigenvalue weighted by molar-refractivity contribution is 0.0996. The Hall–Kier alpha value is -2.37. The Bertz CT molecular complexity index is 524. The van der Waals surface area contributed by atoms with E-state index in [1.807, 2.05) is 0 Å². The lowest BCUT2D eigenvalue weighted by atomic mass is 10.2. The number of anilines is 1. The summed E-state index contributed by atoms with van der Waals surface area (Å²) < 4.78 is 13.2. The summed E-state index contributed by atoms with van der Waals surface area (Å²) in [6.07, 6.45) is 3.34. The number of hydrogen-bond donors (Lipinski definition) is 3. The van der Waals surface area contributed by atoms with E-state index in [9.17, 15) is 9.18 Å². The first kappa shape index (κ1) is 11.1. The number of rotatable bonds is 4. The molecule has 1 aromatic heterocycles. The normalized spacial score (nSPS) is 10.2. The molecular weight excluding hydrogens is 223 g/mol. The fourth-order valence-electron chi connectivity index (χ4n) is 1.40. The van der Waals surface area contributed by atoms with Crippen molar-refractivity contribution in [2.45, 2.75) is 6.54 Å². The molecule has 1 amide bonds. The van der Waals surface area contributed by atoms with E-state index in [0.29, 0.717) is 12.2 Å². The third-order valence-corrected chi connectivity index (χ3v) is 2.25. The van der Waals surface area contributed by atoms with Crippen LogP contribution in [0, 0.1) is 5.82 Å². The SMILES string of the molecule is NC(=O)c1cc(NCc2ncc[nH]2)ccc1F. The predicted octanol–water partition coefficient (Wildman–Crippen LogP) is 1.26. The molecule has 1 aromatic carbocycles. The Morgan fingerprint density at radius 1 is 1.53 bits per heavy atom. The van der Waals surface area contributed by atoms with Crippen LogP contribution in [0.3, 0.4) is 0 Å². The minimum absolute atomic E-state index is 0.130. The van der Waals surface area contributed by atoms with Gasteiger partial charge in [0.05, 0.1) is 12.1 Å². The molecule has 0 saturated heterocycles. The van der Waals surface area contributed by atoms with Crippen LogP contribution >= 0.6 is 0 Å². The number of primary amides is 1. The molecule has 0 saturated carbocycles. The first-order valence-electron chi connectivity index (χ1n) is 4.98. The number of nitrogens with two attached hydrogens (primary N) is 1. The molecule has 0 spiro atoms. The molecule has 0 aliphatic rings. The number of halogens is 1. The van der Waals surface area contributed by atoms with Crippen LogP contribution in [0.25, 0.3) is 0 Å². The number of carbonyl (C=O) groups is 1. The van der Waals surface area contributed by atoms with Gasteiger partial charge in [0.1, 0.15) is 11.6 Å².